The summed E-state index contributed by atoms with van der Waals surface area (Å²) in [5, 5.41) is 9.57. The second-order valence-corrected chi connectivity index (χ2v) is 20.0. The number of nitrogens with zero attached hydrogens (tertiary/aromatic N) is 2. The van der Waals surface area contributed by atoms with E-state index in [4.69, 9.17) is 9.98 Å². The van der Waals surface area contributed by atoms with E-state index in [0.717, 1.165) is 92.3 Å². The molecule has 0 fully saturated rings. The summed E-state index contributed by atoms with van der Waals surface area (Å²) in [5.41, 5.74) is 19.2. The van der Waals surface area contributed by atoms with Crippen molar-refractivity contribution in [2.45, 2.75) is 77.0 Å². The zero-order valence-electron chi connectivity index (χ0n) is 41.2. The summed E-state index contributed by atoms with van der Waals surface area (Å²) >= 11 is 0. The number of rotatable bonds is 6. The van der Waals surface area contributed by atoms with Gasteiger partial charge in [-0.3, -0.25) is 9.59 Å². The van der Waals surface area contributed by atoms with Gasteiger partial charge in [-0.25, -0.2) is 9.98 Å². The Hall–Kier alpha value is -8.08. The lowest BCUT2D eigenvalue weighted by Crippen LogP contribution is -2.41. The summed E-state index contributed by atoms with van der Waals surface area (Å²) < 4.78 is 0. The standard InChI is InChI=1S/C44H40N2.C24H14O2/c1-5-27-19-13-20-28(6-2)41(27)45-43-39-35-23-31-15-9-11-17-33(31)25-37(35)40(38-26-34-18-12-10-16-32(34)24-36(38)39)44(43)46-42-29(7-3)21-14-22-30(42)8-4;25-23-21-17-9-13-5-1-2-6-14(13)10-18(17)22(24(23)26)20-12-16-8-4-3-7-15(16)11-19(20)21/h9-26,39-40H,5-8H2,1-4H3;1-12,21-22H. The number of ketones is 2. The van der Waals surface area contributed by atoms with Gasteiger partial charge in [0.15, 0.2) is 0 Å². The molecule has 0 heterocycles. The number of fused-ring (bicyclic) bond motifs is 6. The maximum Gasteiger partial charge on any atom is 0.211 e. The molecule has 4 nitrogen and oxygen atoms in total. The number of aryl methyl sites for hydroxylation is 4. The second-order valence-electron chi connectivity index (χ2n) is 20.0. The predicted molar refractivity (Wildman–Crippen MR) is 298 cm³/mol. The fourth-order valence-electron chi connectivity index (χ4n) is 12.7. The summed E-state index contributed by atoms with van der Waals surface area (Å²) in [6.07, 6.45) is 3.78. The Bertz CT molecular complexity index is 3530. The number of para-hydroxylation sites is 2. The molecule has 6 aliphatic carbocycles. The predicted octanol–water partition coefficient (Wildman–Crippen LogP) is 16.1. The molecule has 0 saturated heterocycles. The number of Topliss-reactive ketones (excluding diaryl/α,β-unsaturated/α-hetero) is 2. The molecule has 10 aromatic rings. The molecule has 10 aromatic carbocycles. The quantitative estimate of drug-likeness (QED) is 0.156. The normalized spacial score (nSPS) is 19.2. The second kappa shape index (κ2) is 17.3. The zero-order chi connectivity index (χ0) is 48.8. The molecule has 16 rings (SSSR count). The zero-order valence-corrected chi connectivity index (χ0v) is 41.2. The van der Waals surface area contributed by atoms with Crippen LogP contribution in [-0.2, 0) is 35.3 Å². The number of hydrogen-bond donors (Lipinski definition) is 0. The van der Waals surface area contributed by atoms with Crippen LogP contribution in [-0.4, -0.2) is 23.0 Å². The fraction of sp³-hybridized carbons (Fsp3) is 0.176. The fourth-order valence-corrected chi connectivity index (χ4v) is 12.7. The molecular weight excluding hydrogens is 877 g/mol. The number of benzene rings is 10. The van der Waals surface area contributed by atoms with Gasteiger partial charge in [0.05, 0.1) is 46.5 Å². The Kier molecular flexibility index (Phi) is 10.6. The molecule has 0 aromatic heterocycles. The van der Waals surface area contributed by atoms with E-state index in [-0.39, 0.29) is 23.4 Å². The minimum atomic E-state index is -0.466. The van der Waals surface area contributed by atoms with Crippen LogP contribution in [0, 0.1) is 0 Å². The Morgan fingerprint density at radius 2 is 0.500 bits per heavy atom. The minimum Gasteiger partial charge on any atom is -0.290 e. The van der Waals surface area contributed by atoms with E-state index in [2.05, 4.69) is 185 Å². The first-order valence-electron chi connectivity index (χ1n) is 25.9. The molecule has 0 atom stereocenters. The minimum absolute atomic E-state index is 0.00329. The molecular formula is C68H54N2O2. The van der Waals surface area contributed by atoms with Crippen LogP contribution in [0.4, 0.5) is 11.4 Å². The topological polar surface area (TPSA) is 58.9 Å². The first-order valence-corrected chi connectivity index (χ1v) is 25.9. The third kappa shape index (κ3) is 6.79. The van der Waals surface area contributed by atoms with Crippen molar-refractivity contribution in [1.29, 1.82) is 0 Å². The Morgan fingerprint density at radius 1 is 0.292 bits per heavy atom. The van der Waals surface area contributed by atoms with Crippen LogP contribution >= 0.6 is 0 Å². The lowest BCUT2D eigenvalue weighted by molar-refractivity contribution is -0.138. The molecule has 4 bridgehead atoms. The van der Waals surface area contributed by atoms with Gasteiger partial charge in [0, 0.05) is 0 Å². The van der Waals surface area contributed by atoms with Gasteiger partial charge >= 0.3 is 0 Å². The van der Waals surface area contributed by atoms with Gasteiger partial charge in [-0.2, -0.15) is 0 Å². The van der Waals surface area contributed by atoms with Gasteiger partial charge in [0.25, 0.3) is 0 Å². The van der Waals surface area contributed by atoms with E-state index in [0.29, 0.717) is 0 Å². The molecule has 0 spiro atoms. The lowest BCUT2D eigenvalue weighted by atomic mass is 9.61. The van der Waals surface area contributed by atoms with Crippen molar-refractivity contribution < 1.29 is 9.59 Å². The first-order chi connectivity index (χ1) is 35.3. The Morgan fingerprint density at radius 3 is 0.708 bits per heavy atom. The van der Waals surface area contributed by atoms with E-state index in [1.807, 2.05) is 24.3 Å². The Balaban J connectivity index is 0.000000163. The highest BCUT2D eigenvalue weighted by molar-refractivity contribution is 6.50. The molecule has 0 saturated carbocycles. The van der Waals surface area contributed by atoms with Crippen LogP contribution < -0.4 is 0 Å². The Labute approximate surface area is 420 Å². The molecule has 6 aliphatic rings. The molecule has 4 heteroatoms. The van der Waals surface area contributed by atoms with Crippen molar-refractivity contribution in [3.05, 3.63) is 249 Å². The highest BCUT2D eigenvalue weighted by Crippen LogP contribution is 2.54. The summed E-state index contributed by atoms with van der Waals surface area (Å²) in [4.78, 5) is 37.2. The highest BCUT2D eigenvalue weighted by Gasteiger charge is 2.49. The molecule has 0 radical (unpaired) electrons. The molecule has 0 amide bonds. The van der Waals surface area contributed by atoms with Gasteiger partial charge in [-0.1, -0.05) is 161 Å². The maximum absolute atomic E-state index is 12.8. The smallest absolute Gasteiger partial charge is 0.211 e. The van der Waals surface area contributed by atoms with Crippen LogP contribution in [0.25, 0.3) is 43.1 Å². The molecule has 72 heavy (non-hydrogen) atoms. The average Bonchev–Trinajstić information content (AvgIpc) is 3.42. The van der Waals surface area contributed by atoms with Gasteiger partial charge in [0.1, 0.15) is 0 Å². The van der Waals surface area contributed by atoms with Crippen molar-refractivity contribution in [2.75, 3.05) is 0 Å². The number of carbonyl (C=O) groups is 2. The van der Waals surface area contributed by atoms with E-state index in [1.54, 1.807) is 0 Å². The van der Waals surface area contributed by atoms with Gasteiger partial charge in [-0.15, -0.1) is 0 Å². The van der Waals surface area contributed by atoms with Crippen LogP contribution in [0.3, 0.4) is 0 Å². The van der Waals surface area contributed by atoms with Gasteiger partial charge in [-0.05, 0) is 184 Å². The summed E-state index contributed by atoms with van der Waals surface area (Å²) in [6.45, 7) is 8.98. The van der Waals surface area contributed by atoms with Crippen molar-refractivity contribution in [3.63, 3.8) is 0 Å². The lowest BCUT2D eigenvalue weighted by Gasteiger charge is -2.43. The third-order valence-corrected chi connectivity index (χ3v) is 16.3. The van der Waals surface area contributed by atoms with Crippen LogP contribution in [0.5, 0.6) is 0 Å². The molecule has 0 N–H and O–H groups in total. The number of carbonyl (C=O) groups excluding carboxylic acids is 2. The SMILES string of the molecule is CCc1cccc(CC)c1N=C1C(=Nc2c(CC)cccc2CC)C2c3cc4ccccc4cc3C1c1cc3ccccc3cc12.O=C1C(=O)C2c3cc4ccccc4cc3C1c1cc3ccccc3cc12. The maximum atomic E-state index is 12.8. The van der Waals surface area contributed by atoms with E-state index < -0.39 is 11.8 Å². The highest BCUT2D eigenvalue weighted by atomic mass is 16.2. The van der Waals surface area contributed by atoms with Crippen molar-refractivity contribution in [2.24, 2.45) is 9.98 Å². The van der Waals surface area contributed by atoms with Crippen LogP contribution in [0.2, 0.25) is 0 Å². The van der Waals surface area contributed by atoms with Crippen LogP contribution in [0.1, 0.15) is 118 Å². The summed E-state index contributed by atoms with van der Waals surface area (Å²) in [7, 11) is 0. The van der Waals surface area contributed by atoms with Crippen LogP contribution in [0.15, 0.2) is 192 Å². The third-order valence-electron chi connectivity index (χ3n) is 16.3. The average molecular weight is 931 g/mol. The van der Waals surface area contributed by atoms with Crippen molar-refractivity contribution in [3.8, 4) is 0 Å². The number of aliphatic imine (C=N–C) groups is 2. The number of hydrogen-bond acceptors (Lipinski definition) is 4. The largest absolute Gasteiger partial charge is 0.290 e. The monoisotopic (exact) mass is 930 g/mol. The molecule has 0 unspecified atom stereocenters. The van der Waals surface area contributed by atoms with E-state index in [9.17, 15) is 9.59 Å². The van der Waals surface area contributed by atoms with Crippen molar-refractivity contribution >= 4 is 77.5 Å². The van der Waals surface area contributed by atoms with E-state index >= 15 is 0 Å². The van der Waals surface area contributed by atoms with Gasteiger partial charge < -0.3 is 0 Å². The molecule has 0 aliphatic heterocycles. The summed E-state index contributed by atoms with van der Waals surface area (Å²) in [6, 6.07) is 65.4. The van der Waals surface area contributed by atoms with Crippen molar-refractivity contribution in [1.82, 2.24) is 0 Å². The molecule has 348 valence electrons. The summed E-state index contributed by atoms with van der Waals surface area (Å²) in [5.74, 6) is -1.47. The first kappa shape index (κ1) is 43.9. The van der Waals surface area contributed by atoms with E-state index in [1.165, 1.54) is 66.1 Å². The van der Waals surface area contributed by atoms with Gasteiger partial charge in [0.2, 0.25) is 11.6 Å².